The van der Waals surface area contributed by atoms with Crippen LogP contribution in [0.3, 0.4) is 0 Å². The van der Waals surface area contributed by atoms with Gasteiger partial charge in [0.2, 0.25) is 0 Å². The third kappa shape index (κ3) is 2.90. The van der Waals surface area contributed by atoms with Crippen LogP contribution in [0.4, 0.5) is 5.82 Å². The molecule has 4 aromatic rings. The van der Waals surface area contributed by atoms with Gasteiger partial charge in [0, 0.05) is 11.6 Å². The minimum atomic E-state index is -3.20. The van der Waals surface area contributed by atoms with Crippen LogP contribution in [0.5, 0.6) is 0 Å². The maximum absolute atomic E-state index is 11.6. The van der Waals surface area contributed by atoms with Gasteiger partial charge in [-0.15, -0.1) is 0 Å². The van der Waals surface area contributed by atoms with Crippen LogP contribution in [0.1, 0.15) is 18.5 Å². The molecule has 0 radical (unpaired) electrons. The van der Waals surface area contributed by atoms with Gasteiger partial charge in [0.1, 0.15) is 17.4 Å². The van der Waals surface area contributed by atoms with E-state index < -0.39 is 9.84 Å². The van der Waals surface area contributed by atoms with Crippen molar-refractivity contribution >= 4 is 37.7 Å². The van der Waals surface area contributed by atoms with Crippen molar-refractivity contribution in [1.29, 1.82) is 0 Å². The molecule has 0 bridgehead atoms. The van der Waals surface area contributed by atoms with E-state index in [1.54, 1.807) is 24.3 Å². The van der Waals surface area contributed by atoms with E-state index in [9.17, 15) is 8.42 Å². The number of hydrogen-bond donors (Lipinski definition) is 1. The van der Waals surface area contributed by atoms with Crippen LogP contribution in [-0.4, -0.2) is 24.6 Å². The van der Waals surface area contributed by atoms with Gasteiger partial charge in [0.25, 0.3) is 0 Å². The molecule has 0 aliphatic rings. The summed E-state index contributed by atoms with van der Waals surface area (Å²) in [6.07, 6.45) is 2.70. The lowest BCUT2D eigenvalue weighted by atomic mass is 10.1. The Hall–Kier alpha value is -2.93. The highest BCUT2D eigenvalue weighted by molar-refractivity contribution is 7.90. The Morgan fingerprint density at radius 1 is 1.04 bits per heavy atom. The maximum atomic E-state index is 11.6. The van der Waals surface area contributed by atoms with Crippen molar-refractivity contribution in [2.24, 2.45) is 0 Å². The number of para-hydroxylation sites is 1. The van der Waals surface area contributed by atoms with Gasteiger partial charge in [-0.2, -0.15) is 0 Å². The number of fused-ring (bicyclic) bond motifs is 3. The van der Waals surface area contributed by atoms with Gasteiger partial charge in [0.15, 0.2) is 21.2 Å². The standard InChI is InChI=1S/C19H17N3O3S/c1-12(13-7-9-14(10-8-13)26(2,23)24)22-19-18-17(20-11-21-19)15-5-3-4-6-16(15)25-18/h3-12H,1-2H3,(H,20,21,22). The lowest BCUT2D eigenvalue weighted by molar-refractivity contribution is 0.602. The molecule has 2 aromatic carbocycles. The van der Waals surface area contributed by atoms with E-state index in [-0.39, 0.29) is 6.04 Å². The van der Waals surface area contributed by atoms with Crippen LogP contribution in [0.25, 0.3) is 22.1 Å². The highest BCUT2D eigenvalue weighted by atomic mass is 32.2. The predicted molar refractivity (Wildman–Crippen MR) is 101 cm³/mol. The minimum Gasteiger partial charge on any atom is -0.450 e. The fraction of sp³-hybridized carbons (Fsp3) is 0.158. The van der Waals surface area contributed by atoms with Crippen LogP contribution in [0.2, 0.25) is 0 Å². The van der Waals surface area contributed by atoms with E-state index in [1.165, 1.54) is 12.6 Å². The largest absolute Gasteiger partial charge is 0.450 e. The summed E-state index contributed by atoms with van der Waals surface area (Å²) in [6, 6.07) is 14.4. The summed E-state index contributed by atoms with van der Waals surface area (Å²) in [5.41, 5.74) is 3.07. The van der Waals surface area contributed by atoms with Gasteiger partial charge in [0.05, 0.1) is 10.9 Å². The Labute approximate surface area is 150 Å². The van der Waals surface area contributed by atoms with Gasteiger partial charge in [-0.1, -0.05) is 24.3 Å². The zero-order valence-electron chi connectivity index (χ0n) is 14.3. The smallest absolute Gasteiger partial charge is 0.196 e. The van der Waals surface area contributed by atoms with E-state index >= 15 is 0 Å². The summed E-state index contributed by atoms with van der Waals surface area (Å²) in [5.74, 6) is 0.603. The number of aromatic nitrogens is 2. The van der Waals surface area contributed by atoms with Gasteiger partial charge in [-0.25, -0.2) is 18.4 Å². The molecule has 0 amide bonds. The molecule has 6 nitrogen and oxygen atoms in total. The average Bonchev–Trinajstić information content (AvgIpc) is 3.01. The van der Waals surface area contributed by atoms with Crippen LogP contribution >= 0.6 is 0 Å². The molecule has 1 unspecified atom stereocenters. The second kappa shape index (κ2) is 6.10. The molecule has 0 fully saturated rings. The molecule has 0 saturated heterocycles. The molecular formula is C19H17N3O3S. The minimum absolute atomic E-state index is 0.0880. The van der Waals surface area contributed by atoms with Gasteiger partial charge >= 0.3 is 0 Å². The first-order valence-corrected chi connectivity index (χ1v) is 10.0. The van der Waals surface area contributed by atoms with Crippen molar-refractivity contribution in [3.05, 3.63) is 60.4 Å². The highest BCUT2D eigenvalue weighted by Crippen LogP contribution is 2.31. The number of nitrogens with one attached hydrogen (secondary N) is 1. The van der Waals surface area contributed by atoms with Crippen molar-refractivity contribution in [3.63, 3.8) is 0 Å². The molecule has 2 aromatic heterocycles. The molecular weight excluding hydrogens is 350 g/mol. The lowest BCUT2D eigenvalue weighted by Crippen LogP contribution is -2.08. The zero-order chi connectivity index (χ0) is 18.3. The zero-order valence-corrected chi connectivity index (χ0v) is 15.1. The highest BCUT2D eigenvalue weighted by Gasteiger charge is 2.15. The molecule has 2 heterocycles. The summed E-state index contributed by atoms with van der Waals surface area (Å²) in [4.78, 5) is 8.95. The molecule has 4 rings (SSSR count). The molecule has 1 N–H and O–H groups in total. The second-order valence-corrected chi connectivity index (χ2v) is 8.22. The number of rotatable bonds is 4. The third-order valence-corrected chi connectivity index (χ3v) is 5.45. The van der Waals surface area contributed by atoms with Crippen molar-refractivity contribution < 1.29 is 12.8 Å². The Bertz CT molecular complexity index is 1200. The Balaban J connectivity index is 1.68. The van der Waals surface area contributed by atoms with Gasteiger partial charge in [-0.3, -0.25) is 0 Å². The topological polar surface area (TPSA) is 85.1 Å². The fourth-order valence-corrected chi connectivity index (χ4v) is 3.55. The fourth-order valence-electron chi connectivity index (χ4n) is 2.92. The van der Waals surface area contributed by atoms with E-state index in [0.717, 1.165) is 22.0 Å². The van der Waals surface area contributed by atoms with Crippen LogP contribution < -0.4 is 5.32 Å². The summed E-state index contributed by atoms with van der Waals surface area (Å²) >= 11 is 0. The van der Waals surface area contributed by atoms with Crippen molar-refractivity contribution in [2.75, 3.05) is 11.6 Å². The molecule has 0 spiro atoms. The van der Waals surface area contributed by atoms with Crippen LogP contribution in [-0.2, 0) is 9.84 Å². The number of anilines is 1. The van der Waals surface area contributed by atoms with E-state index in [1.807, 2.05) is 31.2 Å². The van der Waals surface area contributed by atoms with Crippen LogP contribution in [0, 0.1) is 0 Å². The second-order valence-electron chi connectivity index (χ2n) is 6.21. The van der Waals surface area contributed by atoms with E-state index in [0.29, 0.717) is 16.3 Å². The van der Waals surface area contributed by atoms with Crippen molar-refractivity contribution in [1.82, 2.24) is 9.97 Å². The molecule has 132 valence electrons. The SMILES string of the molecule is CC(Nc1ncnc2c1oc1ccccc12)c1ccc(S(C)(=O)=O)cc1. The van der Waals surface area contributed by atoms with Crippen molar-refractivity contribution in [2.45, 2.75) is 17.9 Å². The quantitative estimate of drug-likeness (QED) is 0.588. The number of sulfone groups is 1. The summed E-state index contributed by atoms with van der Waals surface area (Å²) in [7, 11) is -3.20. The average molecular weight is 367 g/mol. The third-order valence-electron chi connectivity index (χ3n) is 4.32. The first-order valence-electron chi connectivity index (χ1n) is 8.12. The summed E-state index contributed by atoms with van der Waals surface area (Å²) < 4.78 is 29.1. The molecule has 0 saturated carbocycles. The normalized spacial score (nSPS) is 13.2. The molecule has 1 atom stereocenters. The number of hydrogen-bond acceptors (Lipinski definition) is 6. The van der Waals surface area contributed by atoms with Gasteiger partial charge in [-0.05, 0) is 36.8 Å². The number of nitrogens with zero attached hydrogens (tertiary/aromatic N) is 2. The monoisotopic (exact) mass is 367 g/mol. The molecule has 0 aliphatic carbocycles. The maximum Gasteiger partial charge on any atom is 0.196 e. The molecule has 7 heteroatoms. The lowest BCUT2D eigenvalue weighted by Gasteiger charge is -2.15. The summed E-state index contributed by atoms with van der Waals surface area (Å²) in [5, 5.41) is 4.27. The number of benzene rings is 2. The summed E-state index contributed by atoms with van der Waals surface area (Å²) in [6.45, 7) is 1.98. The number of furan rings is 1. The Morgan fingerprint density at radius 2 is 1.77 bits per heavy atom. The van der Waals surface area contributed by atoms with Crippen LogP contribution in [0.15, 0.2) is 64.2 Å². The van der Waals surface area contributed by atoms with E-state index in [4.69, 9.17) is 4.42 Å². The van der Waals surface area contributed by atoms with Crippen molar-refractivity contribution in [3.8, 4) is 0 Å². The van der Waals surface area contributed by atoms with Gasteiger partial charge < -0.3 is 9.73 Å². The Kier molecular flexibility index (Phi) is 3.88. The first-order chi connectivity index (χ1) is 12.4. The molecule has 26 heavy (non-hydrogen) atoms. The Morgan fingerprint density at radius 3 is 2.50 bits per heavy atom. The molecule has 0 aliphatic heterocycles. The predicted octanol–water partition coefficient (Wildman–Crippen LogP) is 3.95. The van der Waals surface area contributed by atoms with E-state index in [2.05, 4.69) is 15.3 Å². The first kappa shape index (κ1) is 16.5.